The summed E-state index contributed by atoms with van der Waals surface area (Å²) in [6.45, 7) is 0.604. The van der Waals surface area contributed by atoms with E-state index in [1.54, 1.807) is 12.1 Å². The molecule has 1 fully saturated rings. The summed E-state index contributed by atoms with van der Waals surface area (Å²) in [4.78, 5) is 0. The molecule has 0 aliphatic heterocycles. The van der Waals surface area contributed by atoms with Crippen molar-refractivity contribution in [3.8, 4) is 5.75 Å². The Labute approximate surface area is 94.8 Å². The van der Waals surface area contributed by atoms with Gasteiger partial charge in [0, 0.05) is 23.8 Å². The zero-order chi connectivity index (χ0) is 11.6. The molecule has 0 unspecified atom stereocenters. The molecule has 16 heavy (non-hydrogen) atoms. The van der Waals surface area contributed by atoms with Crippen molar-refractivity contribution >= 4 is 5.69 Å². The van der Waals surface area contributed by atoms with Gasteiger partial charge in [-0.05, 0) is 31.4 Å². The molecule has 0 saturated heterocycles. The Morgan fingerprint density at radius 1 is 1.50 bits per heavy atom. The van der Waals surface area contributed by atoms with Crippen LogP contribution in [0.4, 0.5) is 10.1 Å². The molecule has 1 aliphatic carbocycles. The Hall–Kier alpha value is -1.29. The number of nitrogens with one attached hydrogen (secondary N) is 1. The SMILES string of the molecule is COc1cc(NC2(CN)CCC2)ccc1F. The van der Waals surface area contributed by atoms with Crippen LogP contribution >= 0.6 is 0 Å². The summed E-state index contributed by atoms with van der Waals surface area (Å²) in [5.74, 6) is -0.0834. The number of hydrogen-bond donors (Lipinski definition) is 2. The molecule has 4 heteroatoms. The number of benzene rings is 1. The van der Waals surface area contributed by atoms with Crippen LogP contribution in [0.5, 0.6) is 5.75 Å². The molecule has 0 amide bonds. The topological polar surface area (TPSA) is 47.3 Å². The van der Waals surface area contributed by atoms with Crippen molar-refractivity contribution in [2.75, 3.05) is 19.0 Å². The van der Waals surface area contributed by atoms with Crippen LogP contribution in [0.3, 0.4) is 0 Å². The predicted molar refractivity (Wildman–Crippen MR) is 62.2 cm³/mol. The highest BCUT2D eigenvalue weighted by atomic mass is 19.1. The zero-order valence-electron chi connectivity index (χ0n) is 9.42. The van der Waals surface area contributed by atoms with Crippen molar-refractivity contribution in [3.05, 3.63) is 24.0 Å². The molecule has 0 heterocycles. The monoisotopic (exact) mass is 224 g/mol. The van der Waals surface area contributed by atoms with Crippen LogP contribution < -0.4 is 15.8 Å². The van der Waals surface area contributed by atoms with E-state index in [1.165, 1.54) is 19.6 Å². The standard InChI is InChI=1S/C12H17FN2O/c1-16-11-7-9(3-4-10(11)13)15-12(8-14)5-2-6-12/h3-4,7,15H,2,5-6,8,14H2,1H3. The van der Waals surface area contributed by atoms with Crippen LogP contribution in [-0.2, 0) is 0 Å². The molecule has 1 aliphatic rings. The number of hydrogen-bond acceptors (Lipinski definition) is 3. The van der Waals surface area contributed by atoms with Gasteiger partial charge in [-0.2, -0.15) is 0 Å². The quantitative estimate of drug-likeness (QED) is 0.823. The summed E-state index contributed by atoms with van der Waals surface area (Å²) in [7, 11) is 1.46. The molecule has 2 rings (SSSR count). The highest BCUT2D eigenvalue weighted by Crippen LogP contribution is 2.35. The zero-order valence-corrected chi connectivity index (χ0v) is 9.42. The van der Waals surface area contributed by atoms with E-state index in [2.05, 4.69) is 5.32 Å². The first kappa shape index (κ1) is 11.2. The van der Waals surface area contributed by atoms with Gasteiger partial charge in [-0.25, -0.2) is 4.39 Å². The minimum Gasteiger partial charge on any atom is -0.494 e. The molecule has 0 aromatic heterocycles. The lowest BCUT2D eigenvalue weighted by Crippen LogP contribution is -2.51. The second-order valence-electron chi connectivity index (χ2n) is 4.31. The number of halogens is 1. The van der Waals surface area contributed by atoms with E-state index in [4.69, 9.17) is 10.5 Å². The lowest BCUT2D eigenvalue weighted by molar-refractivity contribution is 0.287. The third-order valence-electron chi connectivity index (χ3n) is 3.26. The van der Waals surface area contributed by atoms with Gasteiger partial charge in [0.2, 0.25) is 0 Å². The van der Waals surface area contributed by atoms with Gasteiger partial charge in [0.15, 0.2) is 11.6 Å². The average molecular weight is 224 g/mol. The van der Waals surface area contributed by atoms with Crippen molar-refractivity contribution in [3.63, 3.8) is 0 Å². The number of ether oxygens (including phenoxy) is 1. The van der Waals surface area contributed by atoms with E-state index >= 15 is 0 Å². The van der Waals surface area contributed by atoms with Crippen molar-refractivity contribution in [2.24, 2.45) is 5.73 Å². The fourth-order valence-electron chi connectivity index (χ4n) is 2.03. The van der Waals surface area contributed by atoms with Crippen molar-refractivity contribution in [1.29, 1.82) is 0 Å². The highest BCUT2D eigenvalue weighted by molar-refractivity contribution is 5.51. The minimum atomic E-state index is -0.344. The number of anilines is 1. The average Bonchev–Trinajstić information content (AvgIpc) is 2.25. The van der Waals surface area contributed by atoms with Crippen LogP contribution in [0.25, 0.3) is 0 Å². The molecule has 1 aromatic carbocycles. The Morgan fingerprint density at radius 3 is 2.75 bits per heavy atom. The molecule has 1 aromatic rings. The molecule has 3 N–H and O–H groups in total. The normalized spacial score (nSPS) is 17.7. The van der Waals surface area contributed by atoms with E-state index in [1.807, 2.05) is 0 Å². The maximum absolute atomic E-state index is 13.2. The Balaban J connectivity index is 2.15. The molecule has 3 nitrogen and oxygen atoms in total. The molecule has 0 atom stereocenters. The van der Waals surface area contributed by atoms with Gasteiger partial charge in [-0.1, -0.05) is 0 Å². The first-order valence-corrected chi connectivity index (χ1v) is 5.51. The van der Waals surface area contributed by atoms with Crippen molar-refractivity contribution in [1.82, 2.24) is 0 Å². The smallest absolute Gasteiger partial charge is 0.165 e. The lowest BCUT2D eigenvalue weighted by Gasteiger charge is -2.42. The lowest BCUT2D eigenvalue weighted by atomic mass is 9.76. The number of rotatable bonds is 4. The molecule has 88 valence electrons. The fourth-order valence-corrected chi connectivity index (χ4v) is 2.03. The third kappa shape index (κ3) is 1.97. The van der Waals surface area contributed by atoms with E-state index in [0.29, 0.717) is 6.54 Å². The van der Waals surface area contributed by atoms with Gasteiger partial charge in [-0.15, -0.1) is 0 Å². The molecule has 0 bridgehead atoms. The summed E-state index contributed by atoms with van der Waals surface area (Å²) >= 11 is 0. The Morgan fingerprint density at radius 2 is 2.25 bits per heavy atom. The molecular formula is C12H17FN2O. The van der Waals surface area contributed by atoms with E-state index in [9.17, 15) is 4.39 Å². The maximum Gasteiger partial charge on any atom is 0.165 e. The Bertz CT molecular complexity index is 372. The highest BCUT2D eigenvalue weighted by Gasteiger charge is 2.35. The van der Waals surface area contributed by atoms with Crippen LogP contribution in [-0.4, -0.2) is 19.2 Å². The van der Waals surface area contributed by atoms with Gasteiger partial charge in [-0.3, -0.25) is 0 Å². The van der Waals surface area contributed by atoms with Crippen molar-refractivity contribution in [2.45, 2.75) is 24.8 Å². The van der Waals surface area contributed by atoms with E-state index in [-0.39, 0.29) is 17.1 Å². The van der Waals surface area contributed by atoms with E-state index < -0.39 is 0 Å². The first-order valence-electron chi connectivity index (χ1n) is 5.51. The number of nitrogens with two attached hydrogens (primary N) is 1. The summed E-state index contributed by atoms with van der Waals surface area (Å²) < 4.78 is 18.1. The van der Waals surface area contributed by atoms with Gasteiger partial charge in [0.25, 0.3) is 0 Å². The van der Waals surface area contributed by atoms with Gasteiger partial charge in [0.05, 0.1) is 7.11 Å². The van der Waals surface area contributed by atoms with Crippen LogP contribution in [0, 0.1) is 5.82 Å². The van der Waals surface area contributed by atoms with Crippen LogP contribution in [0.1, 0.15) is 19.3 Å². The maximum atomic E-state index is 13.2. The molecule has 0 spiro atoms. The summed E-state index contributed by atoms with van der Waals surface area (Å²) in [5.41, 5.74) is 6.62. The van der Waals surface area contributed by atoms with Crippen LogP contribution in [0.15, 0.2) is 18.2 Å². The van der Waals surface area contributed by atoms with E-state index in [0.717, 1.165) is 18.5 Å². The first-order chi connectivity index (χ1) is 7.69. The summed E-state index contributed by atoms with van der Waals surface area (Å²) in [6.07, 6.45) is 3.34. The predicted octanol–water partition coefficient (Wildman–Crippen LogP) is 2.13. The second-order valence-corrected chi connectivity index (χ2v) is 4.31. The minimum absolute atomic E-state index is 0.00282. The van der Waals surface area contributed by atoms with Gasteiger partial charge in [0.1, 0.15) is 0 Å². The van der Waals surface area contributed by atoms with Gasteiger partial charge >= 0.3 is 0 Å². The molecule has 0 radical (unpaired) electrons. The molecule has 1 saturated carbocycles. The summed E-state index contributed by atoms with van der Waals surface area (Å²) in [6, 6.07) is 4.79. The van der Waals surface area contributed by atoms with Crippen LogP contribution in [0.2, 0.25) is 0 Å². The molecular weight excluding hydrogens is 207 g/mol. The number of methoxy groups -OCH3 is 1. The summed E-state index contributed by atoms with van der Waals surface area (Å²) in [5, 5.41) is 3.37. The van der Waals surface area contributed by atoms with Gasteiger partial charge < -0.3 is 15.8 Å². The fraction of sp³-hybridized carbons (Fsp3) is 0.500. The Kier molecular flexibility index (Phi) is 3.01. The van der Waals surface area contributed by atoms with Crippen molar-refractivity contribution < 1.29 is 9.13 Å². The third-order valence-corrected chi connectivity index (χ3v) is 3.26. The second kappa shape index (κ2) is 4.29. The largest absolute Gasteiger partial charge is 0.494 e.